The van der Waals surface area contributed by atoms with E-state index in [0.717, 1.165) is 18.5 Å². The molecule has 0 fully saturated rings. The average molecular weight is 259 g/mol. The summed E-state index contributed by atoms with van der Waals surface area (Å²) < 4.78 is 7.01. The van der Waals surface area contributed by atoms with Gasteiger partial charge in [0.25, 0.3) is 0 Å². The maximum Gasteiger partial charge on any atom is 0.414 e. The molecular weight excluding hydrogens is 242 g/mol. The monoisotopic (exact) mass is 259 g/mol. The standard InChI is InChI=1S/C14H17N3O2/c1-2-9-17-10-8-15-13(17)16-14(18)19-11-12-6-4-3-5-7-12/h3-8,10H,2,9,11H2,1H3,(H,15,16,18). The normalized spacial score (nSPS) is 10.2. The summed E-state index contributed by atoms with van der Waals surface area (Å²) in [4.78, 5) is 15.7. The van der Waals surface area contributed by atoms with Crippen molar-refractivity contribution in [1.82, 2.24) is 9.55 Å². The molecule has 0 aliphatic rings. The van der Waals surface area contributed by atoms with Crippen LogP contribution in [0.5, 0.6) is 0 Å². The third-order valence-electron chi connectivity index (χ3n) is 2.61. The zero-order valence-corrected chi connectivity index (χ0v) is 10.9. The number of hydrogen-bond acceptors (Lipinski definition) is 3. The van der Waals surface area contributed by atoms with Crippen molar-refractivity contribution in [3.63, 3.8) is 0 Å². The van der Waals surface area contributed by atoms with Gasteiger partial charge in [0.15, 0.2) is 0 Å². The lowest BCUT2D eigenvalue weighted by atomic mass is 10.2. The van der Waals surface area contributed by atoms with Crippen LogP contribution in [0.15, 0.2) is 42.7 Å². The predicted molar refractivity (Wildman–Crippen MR) is 72.8 cm³/mol. The van der Waals surface area contributed by atoms with Gasteiger partial charge in [-0.15, -0.1) is 0 Å². The van der Waals surface area contributed by atoms with Crippen LogP contribution in [0.3, 0.4) is 0 Å². The van der Waals surface area contributed by atoms with Crippen molar-refractivity contribution in [2.45, 2.75) is 26.5 Å². The summed E-state index contributed by atoms with van der Waals surface area (Å²) in [5.41, 5.74) is 0.953. The van der Waals surface area contributed by atoms with E-state index in [4.69, 9.17) is 4.74 Å². The number of aromatic nitrogens is 2. The lowest BCUT2D eigenvalue weighted by Gasteiger charge is -2.08. The van der Waals surface area contributed by atoms with Gasteiger partial charge in [-0.3, -0.25) is 5.32 Å². The van der Waals surface area contributed by atoms with E-state index in [-0.39, 0.29) is 6.61 Å². The predicted octanol–water partition coefficient (Wildman–Crippen LogP) is 3.04. The number of imidazole rings is 1. The van der Waals surface area contributed by atoms with Gasteiger partial charge in [0.2, 0.25) is 5.95 Å². The summed E-state index contributed by atoms with van der Waals surface area (Å²) in [6.07, 6.45) is 3.97. The van der Waals surface area contributed by atoms with Gasteiger partial charge in [-0.05, 0) is 12.0 Å². The van der Waals surface area contributed by atoms with Crippen LogP contribution >= 0.6 is 0 Å². The Morgan fingerprint density at radius 2 is 2.16 bits per heavy atom. The Morgan fingerprint density at radius 3 is 2.89 bits per heavy atom. The molecule has 100 valence electrons. The molecular formula is C14H17N3O2. The number of amides is 1. The van der Waals surface area contributed by atoms with Gasteiger partial charge >= 0.3 is 6.09 Å². The fraction of sp³-hybridized carbons (Fsp3) is 0.286. The first-order chi connectivity index (χ1) is 9.29. The molecule has 0 aliphatic heterocycles. The molecule has 1 heterocycles. The Labute approximate surface area is 112 Å². The fourth-order valence-electron chi connectivity index (χ4n) is 1.71. The molecule has 1 amide bonds. The number of ether oxygens (including phenoxy) is 1. The largest absolute Gasteiger partial charge is 0.444 e. The number of carbonyl (C=O) groups is 1. The first-order valence-electron chi connectivity index (χ1n) is 6.28. The summed E-state index contributed by atoms with van der Waals surface area (Å²) in [6, 6.07) is 9.55. The van der Waals surface area contributed by atoms with Crippen LogP contribution < -0.4 is 5.32 Å². The summed E-state index contributed by atoms with van der Waals surface area (Å²) >= 11 is 0. The van der Waals surface area contributed by atoms with Crippen molar-refractivity contribution in [3.8, 4) is 0 Å². The van der Waals surface area contributed by atoms with E-state index in [0.29, 0.717) is 5.95 Å². The van der Waals surface area contributed by atoms with E-state index in [2.05, 4.69) is 17.2 Å². The molecule has 0 spiro atoms. The second kappa shape index (κ2) is 6.58. The number of aryl methyl sites for hydroxylation is 1. The Hall–Kier alpha value is -2.30. The number of rotatable bonds is 5. The van der Waals surface area contributed by atoms with E-state index < -0.39 is 6.09 Å². The summed E-state index contributed by atoms with van der Waals surface area (Å²) in [5.74, 6) is 0.514. The van der Waals surface area contributed by atoms with Crippen molar-refractivity contribution >= 4 is 12.0 Å². The van der Waals surface area contributed by atoms with Gasteiger partial charge in [0, 0.05) is 18.9 Å². The molecule has 0 aliphatic carbocycles. The van der Waals surface area contributed by atoms with Gasteiger partial charge in [-0.2, -0.15) is 0 Å². The molecule has 0 unspecified atom stereocenters. The van der Waals surface area contributed by atoms with Crippen LogP contribution in [-0.4, -0.2) is 15.6 Å². The first kappa shape index (κ1) is 13.1. The third kappa shape index (κ3) is 3.84. The van der Waals surface area contributed by atoms with Gasteiger partial charge in [0.1, 0.15) is 6.61 Å². The van der Waals surface area contributed by atoms with Crippen LogP contribution in [0, 0.1) is 0 Å². The number of nitrogens with one attached hydrogen (secondary N) is 1. The quantitative estimate of drug-likeness (QED) is 0.897. The highest BCUT2D eigenvalue weighted by molar-refractivity contribution is 5.82. The lowest BCUT2D eigenvalue weighted by molar-refractivity contribution is 0.155. The Bertz CT molecular complexity index is 522. The van der Waals surface area contributed by atoms with Crippen LogP contribution in [-0.2, 0) is 17.9 Å². The minimum Gasteiger partial charge on any atom is -0.444 e. The van der Waals surface area contributed by atoms with Gasteiger partial charge in [0.05, 0.1) is 0 Å². The molecule has 0 saturated carbocycles. The first-order valence-corrected chi connectivity index (χ1v) is 6.28. The smallest absolute Gasteiger partial charge is 0.414 e. The fourth-order valence-corrected chi connectivity index (χ4v) is 1.71. The number of hydrogen-bond donors (Lipinski definition) is 1. The molecule has 2 aromatic rings. The molecule has 5 heteroatoms. The van der Waals surface area contributed by atoms with E-state index in [1.54, 1.807) is 6.20 Å². The minimum absolute atomic E-state index is 0.251. The van der Waals surface area contributed by atoms with Gasteiger partial charge in [-0.25, -0.2) is 9.78 Å². The molecule has 0 atom stereocenters. The number of anilines is 1. The Balaban J connectivity index is 1.85. The highest BCUT2D eigenvalue weighted by Crippen LogP contribution is 2.07. The molecule has 0 bridgehead atoms. The van der Waals surface area contributed by atoms with E-state index in [9.17, 15) is 4.79 Å². The number of nitrogens with zero attached hydrogens (tertiary/aromatic N) is 2. The molecule has 19 heavy (non-hydrogen) atoms. The van der Waals surface area contributed by atoms with Crippen LogP contribution in [0.2, 0.25) is 0 Å². The molecule has 0 radical (unpaired) electrons. The third-order valence-corrected chi connectivity index (χ3v) is 2.61. The second-order valence-corrected chi connectivity index (χ2v) is 4.13. The van der Waals surface area contributed by atoms with E-state index >= 15 is 0 Å². The molecule has 2 rings (SSSR count). The minimum atomic E-state index is -0.493. The van der Waals surface area contributed by atoms with Gasteiger partial charge in [-0.1, -0.05) is 37.3 Å². The summed E-state index contributed by atoms with van der Waals surface area (Å²) in [5, 5.41) is 2.64. The second-order valence-electron chi connectivity index (χ2n) is 4.13. The van der Waals surface area contributed by atoms with Crippen molar-refractivity contribution in [1.29, 1.82) is 0 Å². The summed E-state index contributed by atoms with van der Waals surface area (Å²) in [7, 11) is 0. The molecule has 1 aromatic carbocycles. The maximum absolute atomic E-state index is 11.7. The van der Waals surface area contributed by atoms with Crippen LogP contribution in [0.25, 0.3) is 0 Å². The molecule has 1 aromatic heterocycles. The zero-order chi connectivity index (χ0) is 13.5. The van der Waals surface area contributed by atoms with Crippen molar-refractivity contribution in [2.24, 2.45) is 0 Å². The number of benzene rings is 1. The van der Waals surface area contributed by atoms with Crippen molar-refractivity contribution < 1.29 is 9.53 Å². The topological polar surface area (TPSA) is 56.2 Å². The SMILES string of the molecule is CCCn1ccnc1NC(=O)OCc1ccccc1. The van der Waals surface area contributed by atoms with Crippen LogP contribution in [0.1, 0.15) is 18.9 Å². The molecule has 5 nitrogen and oxygen atoms in total. The van der Waals surface area contributed by atoms with Gasteiger partial charge < -0.3 is 9.30 Å². The lowest BCUT2D eigenvalue weighted by Crippen LogP contribution is -2.17. The average Bonchev–Trinajstić information content (AvgIpc) is 2.85. The highest BCUT2D eigenvalue weighted by atomic mass is 16.5. The zero-order valence-electron chi connectivity index (χ0n) is 10.9. The Kier molecular flexibility index (Phi) is 4.55. The van der Waals surface area contributed by atoms with Crippen LogP contribution in [0.4, 0.5) is 10.7 Å². The van der Waals surface area contributed by atoms with E-state index in [1.807, 2.05) is 41.1 Å². The maximum atomic E-state index is 11.7. The molecule has 1 N–H and O–H groups in total. The Morgan fingerprint density at radius 1 is 1.37 bits per heavy atom. The highest BCUT2D eigenvalue weighted by Gasteiger charge is 2.08. The van der Waals surface area contributed by atoms with Crippen molar-refractivity contribution in [3.05, 3.63) is 48.3 Å². The van der Waals surface area contributed by atoms with Crippen molar-refractivity contribution in [2.75, 3.05) is 5.32 Å². The molecule has 0 saturated heterocycles. The van der Waals surface area contributed by atoms with E-state index in [1.165, 1.54) is 0 Å². The summed E-state index contributed by atoms with van der Waals surface area (Å²) in [6.45, 7) is 3.13. The number of carbonyl (C=O) groups excluding carboxylic acids is 1.